The molecule has 0 heterocycles. The first-order chi connectivity index (χ1) is 7.13. The van der Waals surface area contributed by atoms with E-state index in [9.17, 15) is 0 Å². The second kappa shape index (κ2) is 6.55. The van der Waals surface area contributed by atoms with Crippen LogP contribution < -0.4 is 0 Å². The summed E-state index contributed by atoms with van der Waals surface area (Å²) >= 11 is 0. The molecule has 0 aliphatic heterocycles. The summed E-state index contributed by atoms with van der Waals surface area (Å²) in [7, 11) is 0. The fourth-order valence-corrected chi connectivity index (χ4v) is 3.73. The van der Waals surface area contributed by atoms with E-state index in [1.54, 1.807) is 0 Å². The molecule has 0 aromatic carbocycles. The lowest BCUT2D eigenvalue weighted by atomic mass is 9.71. The lowest BCUT2D eigenvalue weighted by molar-refractivity contribution is 0.155. The minimum absolute atomic E-state index is 0.870. The van der Waals surface area contributed by atoms with Gasteiger partial charge in [-0.2, -0.15) is 0 Å². The summed E-state index contributed by atoms with van der Waals surface area (Å²) in [6.07, 6.45) is 10.4. The minimum Gasteiger partial charge on any atom is -0.0625 e. The second-order valence-electron chi connectivity index (χ2n) is 6.17. The van der Waals surface area contributed by atoms with E-state index in [1.165, 1.54) is 44.9 Å². The van der Waals surface area contributed by atoms with Gasteiger partial charge in [0, 0.05) is 0 Å². The van der Waals surface area contributed by atoms with Crippen molar-refractivity contribution in [3.05, 3.63) is 0 Å². The summed E-state index contributed by atoms with van der Waals surface area (Å²) in [5.41, 5.74) is 0. The molecule has 0 unspecified atom stereocenters. The quantitative estimate of drug-likeness (QED) is 0.595. The molecule has 1 saturated carbocycles. The molecule has 0 atom stereocenters. The van der Waals surface area contributed by atoms with Gasteiger partial charge in [0.05, 0.1) is 0 Å². The van der Waals surface area contributed by atoms with Crippen LogP contribution in [0.1, 0.15) is 72.6 Å². The molecular weight excluding hydrogens is 180 g/mol. The zero-order valence-corrected chi connectivity index (χ0v) is 11.3. The van der Waals surface area contributed by atoms with Crippen molar-refractivity contribution in [3.8, 4) is 0 Å². The van der Waals surface area contributed by atoms with E-state index in [-0.39, 0.29) is 0 Å². The van der Waals surface area contributed by atoms with Crippen LogP contribution in [0.15, 0.2) is 0 Å². The maximum atomic E-state index is 2.42. The molecule has 1 fully saturated rings. The van der Waals surface area contributed by atoms with Gasteiger partial charge in [-0.25, -0.2) is 0 Å². The Kier molecular flexibility index (Phi) is 5.71. The van der Waals surface area contributed by atoms with Crippen LogP contribution in [0.25, 0.3) is 0 Å². The molecule has 0 amide bonds. The average molecular weight is 210 g/mol. The van der Waals surface area contributed by atoms with Crippen LogP contribution in [0.2, 0.25) is 0 Å². The Hall–Kier alpha value is 0. The van der Waals surface area contributed by atoms with Gasteiger partial charge >= 0.3 is 0 Å². The van der Waals surface area contributed by atoms with Crippen LogP contribution in [0.4, 0.5) is 0 Å². The van der Waals surface area contributed by atoms with Crippen molar-refractivity contribution >= 4 is 0 Å². The van der Waals surface area contributed by atoms with Crippen molar-refractivity contribution in [2.24, 2.45) is 23.7 Å². The molecule has 1 aliphatic carbocycles. The Morgan fingerprint density at radius 1 is 0.667 bits per heavy atom. The zero-order valence-electron chi connectivity index (χ0n) is 11.3. The predicted octanol–water partition coefficient (Wildman–Crippen LogP) is 5.28. The van der Waals surface area contributed by atoms with Crippen LogP contribution in [0, 0.1) is 23.7 Å². The molecule has 1 aliphatic rings. The Balaban J connectivity index is 2.55. The third kappa shape index (κ3) is 4.17. The fourth-order valence-electron chi connectivity index (χ4n) is 3.73. The van der Waals surface area contributed by atoms with Crippen LogP contribution in [0.3, 0.4) is 0 Å². The van der Waals surface area contributed by atoms with E-state index in [4.69, 9.17) is 0 Å². The fraction of sp³-hybridized carbons (Fsp3) is 1.00. The van der Waals surface area contributed by atoms with E-state index >= 15 is 0 Å². The molecule has 0 N–H and O–H groups in total. The third-order valence-electron chi connectivity index (χ3n) is 4.23. The van der Waals surface area contributed by atoms with Gasteiger partial charge in [0.25, 0.3) is 0 Å². The molecule has 0 radical (unpaired) electrons. The predicted molar refractivity (Wildman–Crippen MR) is 69.0 cm³/mol. The summed E-state index contributed by atoms with van der Waals surface area (Å²) in [5, 5.41) is 0. The molecule has 0 saturated heterocycles. The van der Waals surface area contributed by atoms with E-state index in [0.29, 0.717) is 0 Å². The minimum atomic E-state index is 0.870. The highest BCUT2D eigenvalue weighted by molar-refractivity contribution is 4.77. The van der Waals surface area contributed by atoms with Crippen LogP contribution in [-0.4, -0.2) is 0 Å². The summed E-state index contributed by atoms with van der Waals surface area (Å²) in [6.45, 7) is 9.68. The smallest absolute Gasteiger partial charge is 0.0340 e. The van der Waals surface area contributed by atoms with Gasteiger partial charge in [-0.1, -0.05) is 72.6 Å². The van der Waals surface area contributed by atoms with E-state index in [2.05, 4.69) is 27.7 Å². The average Bonchev–Trinajstić information content (AvgIpc) is 2.07. The van der Waals surface area contributed by atoms with Crippen molar-refractivity contribution < 1.29 is 0 Å². The number of hydrogen-bond acceptors (Lipinski definition) is 0. The molecule has 90 valence electrons. The van der Waals surface area contributed by atoms with Crippen molar-refractivity contribution in [2.75, 3.05) is 0 Å². The summed E-state index contributed by atoms with van der Waals surface area (Å²) < 4.78 is 0. The summed E-state index contributed by atoms with van der Waals surface area (Å²) in [4.78, 5) is 0. The molecular formula is C15H30. The molecule has 0 nitrogen and oxygen atoms in total. The largest absolute Gasteiger partial charge is 0.0625 e. The first-order valence-electron chi connectivity index (χ1n) is 7.13. The Morgan fingerprint density at radius 2 is 1.07 bits per heavy atom. The molecule has 0 aromatic rings. The van der Waals surface area contributed by atoms with E-state index in [1.807, 2.05) is 0 Å². The van der Waals surface area contributed by atoms with Gasteiger partial charge in [-0.3, -0.25) is 0 Å². The SMILES string of the molecule is CC(C)C(C(C)C)C1CCCCCCC1. The van der Waals surface area contributed by atoms with Crippen molar-refractivity contribution in [2.45, 2.75) is 72.6 Å². The highest BCUT2D eigenvalue weighted by Crippen LogP contribution is 2.36. The topological polar surface area (TPSA) is 0 Å². The Morgan fingerprint density at radius 3 is 1.47 bits per heavy atom. The van der Waals surface area contributed by atoms with Gasteiger partial charge in [0.1, 0.15) is 0 Å². The van der Waals surface area contributed by atoms with Crippen LogP contribution in [-0.2, 0) is 0 Å². The molecule has 0 spiro atoms. The first kappa shape index (κ1) is 13.1. The first-order valence-corrected chi connectivity index (χ1v) is 7.13. The standard InChI is InChI=1S/C15H30/c1-12(2)15(13(3)4)14-10-8-6-5-7-9-11-14/h12-15H,5-11H2,1-4H3. The summed E-state index contributed by atoms with van der Waals surface area (Å²) in [6, 6.07) is 0. The van der Waals surface area contributed by atoms with Crippen LogP contribution in [0.5, 0.6) is 0 Å². The zero-order chi connectivity index (χ0) is 11.3. The Bertz CT molecular complexity index is 141. The lowest BCUT2D eigenvalue weighted by Crippen LogP contribution is -2.26. The van der Waals surface area contributed by atoms with Crippen LogP contribution >= 0.6 is 0 Å². The van der Waals surface area contributed by atoms with Gasteiger partial charge in [-0.15, -0.1) is 0 Å². The second-order valence-corrected chi connectivity index (χ2v) is 6.17. The van der Waals surface area contributed by atoms with Gasteiger partial charge < -0.3 is 0 Å². The maximum Gasteiger partial charge on any atom is -0.0340 e. The molecule has 0 heteroatoms. The van der Waals surface area contributed by atoms with Gasteiger partial charge in [-0.05, 0) is 23.7 Å². The third-order valence-corrected chi connectivity index (χ3v) is 4.23. The maximum absolute atomic E-state index is 2.42. The van der Waals surface area contributed by atoms with Gasteiger partial charge in [0.15, 0.2) is 0 Å². The van der Waals surface area contributed by atoms with Gasteiger partial charge in [0.2, 0.25) is 0 Å². The molecule has 0 aromatic heterocycles. The Labute approximate surface area is 96.8 Å². The molecule has 15 heavy (non-hydrogen) atoms. The normalized spacial score (nSPS) is 21.0. The van der Waals surface area contributed by atoms with Crippen molar-refractivity contribution in [3.63, 3.8) is 0 Å². The molecule has 0 bridgehead atoms. The highest BCUT2D eigenvalue weighted by Gasteiger charge is 2.27. The number of hydrogen-bond donors (Lipinski definition) is 0. The number of rotatable bonds is 3. The lowest BCUT2D eigenvalue weighted by Gasteiger charge is -2.34. The van der Waals surface area contributed by atoms with Crippen molar-refractivity contribution in [1.82, 2.24) is 0 Å². The van der Waals surface area contributed by atoms with E-state index < -0.39 is 0 Å². The highest BCUT2D eigenvalue weighted by atomic mass is 14.3. The monoisotopic (exact) mass is 210 g/mol. The van der Waals surface area contributed by atoms with Crippen molar-refractivity contribution in [1.29, 1.82) is 0 Å². The molecule has 1 rings (SSSR count). The van der Waals surface area contributed by atoms with E-state index in [0.717, 1.165) is 23.7 Å². The summed E-state index contributed by atoms with van der Waals surface area (Å²) in [5.74, 6) is 3.72.